The van der Waals surface area contributed by atoms with E-state index in [-0.39, 0.29) is 0 Å². The number of anilines is 1. The fourth-order valence-electron chi connectivity index (χ4n) is 2.04. The molecule has 110 valence electrons. The first-order chi connectivity index (χ1) is 9.65. The minimum Gasteiger partial charge on any atom is -0.495 e. The molecule has 0 radical (unpaired) electrons. The van der Waals surface area contributed by atoms with Gasteiger partial charge in [0.2, 0.25) is 6.41 Å². The summed E-state index contributed by atoms with van der Waals surface area (Å²) in [7, 11) is 3.65. The maximum atomic E-state index is 11.4. The molecule has 0 spiro atoms. The van der Waals surface area contributed by atoms with E-state index >= 15 is 0 Å². The summed E-state index contributed by atoms with van der Waals surface area (Å²) in [5, 5.41) is 0. The van der Waals surface area contributed by atoms with Gasteiger partial charge in [-0.2, -0.15) is 0 Å². The largest absolute Gasteiger partial charge is 0.495 e. The van der Waals surface area contributed by atoms with Gasteiger partial charge in [0.1, 0.15) is 5.75 Å². The van der Waals surface area contributed by atoms with Crippen LogP contribution in [-0.2, 0) is 9.53 Å². The van der Waals surface area contributed by atoms with Gasteiger partial charge in [-0.3, -0.25) is 9.69 Å². The zero-order valence-electron chi connectivity index (χ0n) is 11.7. The zero-order chi connectivity index (χ0) is 14.5. The second kappa shape index (κ2) is 7.06. The number of methoxy groups -OCH3 is 1. The van der Waals surface area contributed by atoms with E-state index in [4.69, 9.17) is 9.47 Å². The molecular weight excluding hydrogens is 324 g/mol. The van der Waals surface area contributed by atoms with Crippen molar-refractivity contribution in [2.75, 3.05) is 45.4 Å². The van der Waals surface area contributed by atoms with Crippen molar-refractivity contribution in [3.8, 4) is 5.75 Å². The maximum absolute atomic E-state index is 11.4. The van der Waals surface area contributed by atoms with E-state index in [0.29, 0.717) is 18.3 Å². The van der Waals surface area contributed by atoms with Gasteiger partial charge in [-0.05, 0) is 25.2 Å². The number of rotatable bonds is 7. The Bertz CT molecular complexity index is 466. The van der Waals surface area contributed by atoms with Gasteiger partial charge in [0.05, 0.1) is 32.1 Å². The van der Waals surface area contributed by atoms with Crippen LogP contribution in [0.25, 0.3) is 0 Å². The molecule has 1 heterocycles. The molecule has 20 heavy (non-hydrogen) atoms. The number of halogens is 1. The van der Waals surface area contributed by atoms with Crippen LogP contribution < -0.4 is 9.64 Å². The Labute approximate surface area is 127 Å². The normalized spacial score (nSPS) is 15.0. The molecule has 1 aromatic rings. The molecule has 1 aliphatic rings. The first-order valence-electron chi connectivity index (χ1n) is 6.49. The molecular formula is C14H19BrN2O3. The van der Waals surface area contributed by atoms with E-state index in [1.165, 1.54) is 0 Å². The van der Waals surface area contributed by atoms with Crippen molar-refractivity contribution in [2.24, 2.45) is 0 Å². The molecule has 0 atom stereocenters. The average Bonchev–Trinajstić information content (AvgIpc) is 2.37. The van der Waals surface area contributed by atoms with Gasteiger partial charge in [0.15, 0.2) is 0 Å². The molecule has 0 aromatic heterocycles. The fraction of sp³-hybridized carbons (Fsp3) is 0.500. The molecule has 5 nitrogen and oxygen atoms in total. The maximum Gasteiger partial charge on any atom is 0.214 e. The fourth-order valence-corrected chi connectivity index (χ4v) is 2.39. The van der Waals surface area contributed by atoms with E-state index in [9.17, 15) is 4.79 Å². The summed E-state index contributed by atoms with van der Waals surface area (Å²) in [6.45, 7) is 2.96. The Hall–Kier alpha value is -1.11. The molecule has 1 aromatic carbocycles. The molecule has 0 saturated carbocycles. The number of carbonyl (C=O) groups is 1. The van der Waals surface area contributed by atoms with Crippen LogP contribution >= 0.6 is 15.9 Å². The van der Waals surface area contributed by atoms with Gasteiger partial charge < -0.3 is 14.4 Å². The van der Waals surface area contributed by atoms with Crippen molar-refractivity contribution in [1.29, 1.82) is 0 Å². The first-order valence-corrected chi connectivity index (χ1v) is 7.28. The van der Waals surface area contributed by atoms with Crippen molar-refractivity contribution >= 4 is 28.0 Å². The minimum atomic E-state index is 0.466. The Morgan fingerprint density at radius 3 is 2.75 bits per heavy atom. The highest BCUT2D eigenvalue weighted by Crippen LogP contribution is 2.30. The smallest absolute Gasteiger partial charge is 0.214 e. The Kier molecular flexibility index (Phi) is 5.39. The number of benzene rings is 1. The average molecular weight is 343 g/mol. The van der Waals surface area contributed by atoms with Crippen LogP contribution in [0.4, 0.5) is 5.69 Å². The van der Waals surface area contributed by atoms with Crippen LogP contribution in [-0.4, -0.2) is 57.8 Å². The summed E-state index contributed by atoms with van der Waals surface area (Å²) in [6.07, 6.45) is 0.843. The third-order valence-corrected chi connectivity index (χ3v) is 4.01. The lowest BCUT2D eigenvalue weighted by molar-refractivity contribution is -0.107. The SMILES string of the molecule is COc1ccc(Br)cc1N(C=O)CCN(C)C1COC1. The van der Waals surface area contributed by atoms with Gasteiger partial charge in [0.25, 0.3) is 0 Å². The second-order valence-electron chi connectivity index (χ2n) is 4.79. The number of likely N-dealkylation sites (N-methyl/N-ethyl adjacent to an activating group) is 1. The third kappa shape index (κ3) is 3.50. The van der Waals surface area contributed by atoms with Gasteiger partial charge in [-0.15, -0.1) is 0 Å². The van der Waals surface area contributed by atoms with E-state index in [2.05, 4.69) is 20.8 Å². The topological polar surface area (TPSA) is 42.0 Å². The van der Waals surface area contributed by atoms with Crippen molar-refractivity contribution in [2.45, 2.75) is 6.04 Å². The monoisotopic (exact) mass is 342 g/mol. The van der Waals surface area contributed by atoms with Crippen LogP contribution in [0.15, 0.2) is 22.7 Å². The molecule has 0 N–H and O–H groups in total. The molecule has 1 amide bonds. The Balaban J connectivity index is 2.03. The van der Waals surface area contributed by atoms with E-state index in [1.54, 1.807) is 12.0 Å². The number of carbonyl (C=O) groups excluding carboxylic acids is 1. The van der Waals surface area contributed by atoms with Gasteiger partial charge in [0, 0.05) is 17.6 Å². The van der Waals surface area contributed by atoms with E-state index in [1.807, 2.05) is 25.2 Å². The Morgan fingerprint density at radius 2 is 2.20 bits per heavy atom. The summed E-state index contributed by atoms with van der Waals surface area (Å²) in [5.41, 5.74) is 0.773. The van der Waals surface area contributed by atoms with Crippen molar-refractivity contribution in [3.63, 3.8) is 0 Å². The molecule has 2 rings (SSSR count). The van der Waals surface area contributed by atoms with E-state index < -0.39 is 0 Å². The third-order valence-electron chi connectivity index (χ3n) is 3.52. The van der Waals surface area contributed by atoms with Crippen LogP contribution in [0.1, 0.15) is 0 Å². The number of hydrogen-bond acceptors (Lipinski definition) is 4. The lowest BCUT2D eigenvalue weighted by Crippen LogP contribution is -2.49. The molecule has 0 bridgehead atoms. The van der Waals surface area contributed by atoms with Gasteiger partial charge in [-0.1, -0.05) is 15.9 Å². The molecule has 1 fully saturated rings. The van der Waals surface area contributed by atoms with Crippen LogP contribution in [0.3, 0.4) is 0 Å². The molecule has 0 unspecified atom stereocenters. The van der Waals surface area contributed by atoms with Crippen molar-refractivity contribution in [1.82, 2.24) is 4.90 Å². The summed E-state index contributed by atoms with van der Waals surface area (Å²) in [4.78, 5) is 15.2. The minimum absolute atomic E-state index is 0.466. The predicted molar refractivity (Wildman–Crippen MR) is 81.3 cm³/mol. The van der Waals surface area contributed by atoms with Crippen molar-refractivity contribution in [3.05, 3.63) is 22.7 Å². The summed E-state index contributed by atoms with van der Waals surface area (Å²) < 4.78 is 11.4. The van der Waals surface area contributed by atoms with Crippen molar-refractivity contribution < 1.29 is 14.3 Å². The second-order valence-corrected chi connectivity index (χ2v) is 5.70. The first kappa shape index (κ1) is 15.3. The van der Waals surface area contributed by atoms with Crippen LogP contribution in [0.2, 0.25) is 0 Å². The highest BCUT2D eigenvalue weighted by Gasteiger charge is 2.23. The van der Waals surface area contributed by atoms with Gasteiger partial charge in [-0.25, -0.2) is 0 Å². The number of amides is 1. The molecule has 6 heteroatoms. The highest BCUT2D eigenvalue weighted by atomic mass is 79.9. The predicted octanol–water partition coefficient (Wildman–Crippen LogP) is 1.75. The number of hydrogen-bond donors (Lipinski definition) is 0. The Morgan fingerprint density at radius 1 is 1.45 bits per heavy atom. The lowest BCUT2D eigenvalue weighted by atomic mass is 10.2. The summed E-state index contributed by atoms with van der Waals surface area (Å²) >= 11 is 3.42. The highest BCUT2D eigenvalue weighted by molar-refractivity contribution is 9.10. The lowest BCUT2D eigenvalue weighted by Gasteiger charge is -2.35. The standard InChI is InChI=1S/C14H19BrN2O3/c1-16(12-8-20-9-12)5-6-17(10-18)13-7-11(15)3-4-14(13)19-2/h3-4,7,10,12H,5-6,8-9H2,1-2H3. The number of ether oxygens (including phenoxy) is 2. The summed E-state index contributed by atoms with van der Waals surface area (Å²) in [6, 6.07) is 6.09. The molecule has 1 saturated heterocycles. The van der Waals surface area contributed by atoms with Gasteiger partial charge >= 0.3 is 0 Å². The van der Waals surface area contributed by atoms with Crippen LogP contribution in [0.5, 0.6) is 5.75 Å². The van der Waals surface area contributed by atoms with Crippen LogP contribution in [0, 0.1) is 0 Å². The quantitative estimate of drug-likeness (QED) is 0.708. The molecule has 1 aliphatic heterocycles. The molecule has 0 aliphatic carbocycles. The number of nitrogens with zero attached hydrogens (tertiary/aromatic N) is 2. The van der Waals surface area contributed by atoms with E-state index in [0.717, 1.165) is 36.3 Å². The summed E-state index contributed by atoms with van der Waals surface area (Å²) in [5.74, 6) is 0.690. The zero-order valence-corrected chi connectivity index (χ0v) is 13.3.